The van der Waals surface area contributed by atoms with Crippen molar-refractivity contribution in [3.63, 3.8) is 0 Å². The Hall–Kier alpha value is -1.67. The van der Waals surface area contributed by atoms with Gasteiger partial charge in [0.2, 0.25) is 0 Å². The first kappa shape index (κ1) is 15.4. The largest absolute Gasteiger partial charge is 0.423 e. The SMILES string of the molecule is COCCOCc1ccc([N+](=O)[O-])c(C(F)(F)F)c1. The number of halogens is 3. The van der Waals surface area contributed by atoms with Gasteiger partial charge in [-0.3, -0.25) is 10.1 Å². The highest BCUT2D eigenvalue weighted by Crippen LogP contribution is 2.36. The average Bonchev–Trinajstić information content (AvgIpc) is 2.33. The molecule has 0 aliphatic heterocycles. The van der Waals surface area contributed by atoms with E-state index in [1.165, 1.54) is 13.2 Å². The van der Waals surface area contributed by atoms with Crippen LogP contribution < -0.4 is 0 Å². The van der Waals surface area contributed by atoms with Crippen molar-refractivity contribution in [3.05, 3.63) is 39.4 Å². The third-order valence-corrected chi connectivity index (χ3v) is 2.26. The van der Waals surface area contributed by atoms with E-state index in [-0.39, 0.29) is 18.8 Å². The average molecular weight is 279 g/mol. The zero-order chi connectivity index (χ0) is 14.5. The summed E-state index contributed by atoms with van der Waals surface area (Å²) in [7, 11) is 1.47. The maximum absolute atomic E-state index is 12.7. The fourth-order valence-electron chi connectivity index (χ4n) is 1.39. The van der Waals surface area contributed by atoms with E-state index in [0.29, 0.717) is 6.61 Å². The highest BCUT2D eigenvalue weighted by Gasteiger charge is 2.38. The molecule has 0 atom stereocenters. The fourth-order valence-corrected chi connectivity index (χ4v) is 1.39. The molecule has 1 aromatic carbocycles. The van der Waals surface area contributed by atoms with Crippen LogP contribution in [0.1, 0.15) is 11.1 Å². The topological polar surface area (TPSA) is 61.6 Å². The van der Waals surface area contributed by atoms with Crippen molar-refractivity contribution >= 4 is 5.69 Å². The van der Waals surface area contributed by atoms with Crippen molar-refractivity contribution in [3.8, 4) is 0 Å². The quantitative estimate of drug-likeness (QED) is 0.456. The van der Waals surface area contributed by atoms with E-state index >= 15 is 0 Å². The first-order valence-corrected chi connectivity index (χ1v) is 5.27. The highest BCUT2D eigenvalue weighted by molar-refractivity contribution is 5.44. The summed E-state index contributed by atoms with van der Waals surface area (Å²) >= 11 is 0. The third-order valence-electron chi connectivity index (χ3n) is 2.26. The summed E-state index contributed by atoms with van der Waals surface area (Å²) in [6.45, 7) is 0.485. The summed E-state index contributed by atoms with van der Waals surface area (Å²) in [5, 5.41) is 10.5. The highest BCUT2D eigenvalue weighted by atomic mass is 19.4. The molecule has 0 heterocycles. The molecule has 0 fully saturated rings. The summed E-state index contributed by atoms with van der Waals surface area (Å²) in [6, 6.07) is 2.79. The third kappa shape index (κ3) is 4.49. The Morgan fingerprint density at radius 3 is 2.53 bits per heavy atom. The molecule has 0 saturated carbocycles. The molecule has 1 rings (SSSR count). The summed E-state index contributed by atoms with van der Waals surface area (Å²) in [5.74, 6) is 0. The predicted molar refractivity (Wildman–Crippen MR) is 59.6 cm³/mol. The van der Waals surface area contributed by atoms with E-state index in [9.17, 15) is 23.3 Å². The van der Waals surface area contributed by atoms with E-state index in [1.807, 2.05) is 0 Å². The molecule has 19 heavy (non-hydrogen) atoms. The summed E-state index contributed by atoms with van der Waals surface area (Å²) < 4.78 is 47.8. The van der Waals surface area contributed by atoms with Crippen LogP contribution in [0.3, 0.4) is 0 Å². The van der Waals surface area contributed by atoms with Crippen LogP contribution in [0.25, 0.3) is 0 Å². The van der Waals surface area contributed by atoms with Gasteiger partial charge in [0.15, 0.2) is 0 Å². The van der Waals surface area contributed by atoms with Crippen LogP contribution in [-0.4, -0.2) is 25.2 Å². The number of nitro groups is 1. The van der Waals surface area contributed by atoms with E-state index in [0.717, 1.165) is 12.1 Å². The molecule has 0 aliphatic carbocycles. The van der Waals surface area contributed by atoms with Gasteiger partial charge in [0.25, 0.3) is 5.69 Å². The van der Waals surface area contributed by atoms with Crippen molar-refractivity contribution in [2.75, 3.05) is 20.3 Å². The molecular formula is C11H12F3NO4. The number of rotatable bonds is 6. The minimum Gasteiger partial charge on any atom is -0.382 e. The van der Waals surface area contributed by atoms with Gasteiger partial charge in [-0.15, -0.1) is 0 Å². The van der Waals surface area contributed by atoms with E-state index in [2.05, 4.69) is 0 Å². The Balaban J connectivity index is 2.90. The number of hydrogen-bond donors (Lipinski definition) is 0. The van der Waals surface area contributed by atoms with Gasteiger partial charge in [-0.05, 0) is 17.7 Å². The van der Waals surface area contributed by atoms with Gasteiger partial charge in [-0.1, -0.05) is 0 Å². The molecule has 5 nitrogen and oxygen atoms in total. The standard InChI is InChI=1S/C11H12F3NO4/c1-18-4-5-19-7-8-2-3-10(15(16)17)9(6-8)11(12,13)14/h2-3,6H,4-5,7H2,1H3. The molecular weight excluding hydrogens is 267 g/mol. The van der Waals surface area contributed by atoms with Gasteiger partial charge in [-0.2, -0.15) is 13.2 Å². The van der Waals surface area contributed by atoms with Crippen molar-refractivity contribution in [1.82, 2.24) is 0 Å². The van der Waals surface area contributed by atoms with Gasteiger partial charge in [0, 0.05) is 13.2 Å². The first-order chi connectivity index (χ1) is 8.86. The monoisotopic (exact) mass is 279 g/mol. The van der Waals surface area contributed by atoms with E-state index < -0.39 is 22.4 Å². The molecule has 0 radical (unpaired) electrons. The van der Waals surface area contributed by atoms with Crippen LogP contribution >= 0.6 is 0 Å². The first-order valence-electron chi connectivity index (χ1n) is 5.27. The second-order valence-electron chi connectivity index (χ2n) is 3.65. The minimum absolute atomic E-state index is 0.0650. The van der Waals surface area contributed by atoms with Gasteiger partial charge in [-0.25, -0.2) is 0 Å². The molecule has 0 aromatic heterocycles. The Labute approximate surface area is 107 Å². The maximum atomic E-state index is 12.7. The van der Waals surface area contributed by atoms with Gasteiger partial charge >= 0.3 is 6.18 Å². The molecule has 0 bridgehead atoms. The summed E-state index contributed by atoms with van der Waals surface area (Å²) in [6.07, 6.45) is -4.77. The van der Waals surface area contributed by atoms with E-state index in [4.69, 9.17) is 9.47 Å². The molecule has 0 amide bonds. The van der Waals surface area contributed by atoms with Crippen LogP contribution in [-0.2, 0) is 22.3 Å². The van der Waals surface area contributed by atoms with Crippen LogP contribution in [0, 0.1) is 10.1 Å². The Kier molecular flexibility index (Phi) is 5.25. The molecule has 0 aliphatic rings. The second kappa shape index (κ2) is 6.48. The summed E-state index contributed by atoms with van der Waals surface area (Å²) in [5.41, 5.74) is -2.02. The second-order valence-corrected chi connectivity index (χ2v) is 3.65. The number of methoxy groups -OCH3 is 1. The fraction of sp³-hybridized carbons (Fsp3) is 0.455. The molecule has 0 saturated heterocycles. The Morgan fingerprint density at radius 2 is 2.00 bits per heavy atom. The number of hydrogen-bond acceptors (Lipinski definition) is 4. The lowest BCUT2D eigenvalue weighted by Crippen LogP contribution is -2.10. The van der Waals surface area contributed by atoms with Crippen molar-refractivity contribution in [2.45, 2.75) is 12.8 Å². The van der Waals surface area contributed by atoms with Crippen LogP contribution in [0.15, 0.2) is 18.2 Å². The van der Waals surface area contributed by atoms with Crippen LogP contribution in [0.2, 0.25) is 0 Å². The number of ether oxygens (including phenoxy) is 2. The lowest BCUT2D eigenvalue weighted by molar-refractivity contribution is -0.388. The van der Waals surface area contributed by atoms with Crippen LogP contribution in [0.5, 0.6) is 0 Å². The number of benzene rings is 1. The maximum Gasteiger partial charge on any atom is 0.423 e. The van der Waals surface area contributed by atoms with Gasteiger partial charge in [0.05, 0.1) is 24.7 Å². The van der Waals surface area contributed by atoms with Crippen LogP contribution in [0.4, 0.5) is 18.9 Å². The molecule has 0 N–H and O–H groups in total. The normalized spacial score (nSPS) is 11.6. The Morgan fingerprint density at radius 1 is 1.32 bits per heavy atom. The number of nitro benzene ring substituents is 1. The number of nitrogens with zero attached hydrogens (tertiary/aromatic N) is 1. The lowest BCUT2D eigenvalue weighted by Gasteiger charge is -2.10. The zero-order valence-electron chi connectivity index (χ0n) is 10.1. The summed E-state index contributed by atoms with van der Waals surface area (Å²) in [4.78, 5) is 9.48. The van der Waals surface area contributed by atoms with Crippen molar-refractivity contribution < 1.29 is 27.6 Å². The zero-order valence-corrected chi connectivity index (χ0v) is 10.1. The number of alkyl halides is 3. The van der Waals surface area contributed by atoms with Gasteiger partial charge in [0.1, 0.15) is 5.56 Å². The van der Waals surface area contributed by atoms with E-state index in [1.54, 1.807) is 0 Å². The molecule has 106 valence electrons. The molecule has 0 spiro atoms. The molecule has 0 unspecified atom stereocenters. The Bertz CT molecular complexity index is 448. The minimum atomic E-state index is -4.77. The molecule has 8 heteroatoms. The lowest BCUT2D eigenvalue weighted by atomic mass is 10.1. The smallest absolute Gasteiger partial charge is 0.382 e. The van der Waals surface area contributed by atoms with Crippen molar-refractivity contribution in [1.29, 1.82) is 0 Å². The van der Waals surface area contributed by atoms with Crippen molar-refractivity contribution in [2.24, 2.45) is 0 Å². The molecule has 1 aromatic rings. The van der Waals surface area contributed by atoms with Gasteiger partial charge < -0.3 is 9.47 Å². The predicted octanol–water partition coefficient (Wildman–Crippen LogP) is 2.78.